The molecule has 0 aromatic carbocycles. The van der Waals surface area contributed by atoms with E-state index in [4.69, 9.17) is 5.11 Å². The Morgan fingerprint density at radius 1 is 1.64 bits per heavy atom. The van der Waals surface area contributed by atoms with Crippen LogP contribution in [0.15, 0.2) is 0 Å². The minimum Gasteiger partial charge on any atom is -0.480 e. The molecule has 4 nitrogen and oxygen atoms in total. The Morgan fingerprint density at radius 3 is 2.18 bits per heavy atom. The fourth-order valence-electron chi connectivity index (χ4n) is 1.28. The third-order valence-electron chi connectivity index (χ3n) is 2.24. The maximum Gasteiger partial charge on any atom is 0.323 e. The maximum atomic E-state index is 10.9. The van der Waals surface area contributed by atoms with Crippen LogP contribution in [0.25, 0.3) is 0 Å². The number of carboxylic acid groups (broad SMARTS) is 1. The first kappa shape index (κ1) is 8.04. The zero-order valence-electron chi connectivity index (χ0n) is 6.46. The molecule has 1 aliphatic rings. The van der Waals surface area contributed by atoms with Gasteiger partial charge in [0, 0.05) is 0 Å². The summed E-state index contributed by atoms with van der Waals surface area (Å²) >= 11 is 0. The molecular formula is C7H10O4. The lowest BCUT2D eigenvalue weighted by Crippen LogP contribution is -2.28. The van der Waals surface area contributed by atoms with Crippen LogP contribution in [0.2, 0.25) is 0 Å². The van der Waals surface area contributed by atoms with E-state index in [0.717, 1.165) is 0 Å². The highest BCUT2D eigenvalue weighted by Crippen LogP contribution is 2.53. The average Bonchev–Trinajstić information content (AvgIpc) is 2.61. The number of carboxylic acids is 1. The van der Waals surface area contributed by atoms with Gasteiger partial charge in [-0.15, -0.1) is 0 Å². The highest BCUT2D eigenvalue weighted by Gasteiger charge is 2.65. The number of ether oxygens (including phenoxy) is 1. The Kier molecular flexibility index (Phi) is 1.62. The topological polar surface area (TPSA) is 63.6 Å². The average molecular weight is 158 g/mol. The van der Waals surface area contributed by atoms with Crippen molar-refractivity contribution in [3.63, 3.8) is 0 Å². The van der Waals surface area contributed by atoms with Gasteiger partial charge in [0.25, 0.3) is 0 Å². The van der Waals surface area contributed by atoms with Gasteiger partial charge in [0.05, 0.1) is 7.11 Å². The third kappa shape index (κ3) is 0.895. The van der Waals surface area contributed by atoms with E-state index < -0.39 is 17.4 Å². The zero-order valence-corrected chi connectivity index (χ0v) is 6.46. The number of hydrogen-bond donors (Lipinski definition) is 1. The quantitative estimate of drug-likeness (QED) is 0.462. The van der Waals surface area contributed by atoms with Gasteiger partial charge in [-0.1, -0.05) is 6.92 Å². The highest BCUT2D eigenvalue weighted by molar-refractivity contribution is 6.02. The van der Waals surface area contributed by atoms with Crippen LogP contribution < -0.4 is 0 Å². The predicted octanol–water partition coefficient (Wildman–Crippen LogP) is 0.270. The molecule has 0 aliphatic heterocycles. The molecule has 4 heteroatoms. The Hall–Kier alpha value is -1.06. The van der Waals surface area contributed by atoms with E-state index in [-0.39, 0.29) is 5.92 Å². The molecule has 1 aliphatic carbocycles. The van der Waals surface area contributed by atoms with Gasteiger partial charge in [-0.2, -0.15) is 0 Å². The fraction of sp³-hybridized carbons (Fsp3) is 0.714. The summed E-state index contributed by atoms with van der Waals surface area (Å²) in [6, 6.07) is 0. The van der Waals surface area contributed by atoms with Gasteiger partial charge in [0.2, 0.25) is 0 Å². The van der Waals surface area contributed by atoms with E-state index in [1.165, 1.54) is 7.11 Å². The highest BCUT2D eigenvalue weighted by atomic mass is 16.5. The van der Waals surface area contributed by atoms with E-state index in [9.17, 15) is 9.59 Å². The van der Waals surface area contributed by atoms with Gasteiger partial charge in [0.15, 0.2) is 5.41 Å². The van der Waals surface area contributed by atoms with E-state index >= 15 is 0 Å². The van der Waals surface area contributed by atoms with Gasteiger partial charge >= 0.3 is 11.9 Å². The van der Waals surface area contributed by atoms with E-state index in [1.54, 1.807) is 6.92 Å². The Labute approximate surface area is 64.2 Å². The first-order valence-corrected chi connectivity index (χ1v) is 3.37. The van der Waals surface area contributed by atoms with Crippen LogP contribution in [-0.4, -0.2) is 24.2 Å². The summed E-state index contributed by atoms with van der Waals surface area (Å²) in [7, 11) is 1.21. The molecule has 62 valence electrons. The number of hydrogen-bond acceptors (Lipinski definition) is 3. The molecule has 0 unspecified atom stereocenters. The van der Waals surface area contributed by atoms with Crippen LogP contribution in [0.5, 0.6) is 0 Å². The molecule has 0 bridgehead atoms. The van der Waals surface area contributed by atoms with Crippen LogP contribution in [0, 0.1) is 11.3 Å². The molecule has 1 N–H and O–H groups in total. The van der Waals surface area contributed by atoms with Crippen molar-refractivity contribution in [2.75, 3.05) is 7.11 Å². The number of esters is 1. The molecule has 0 aromatic heterocycles. The second-order valence-electron chi connectivity index (χ2n) is 2.87. The van der Waals surface area contributed by atoms with Gasteiger partial charge in [0.1, 0.15) is 0 Å². The van der Waals surface area contributed by atoms with Crippen molar-refractivity contribution in [3.8, 4) is 0 Å². The molecule has 1 saturated carbocycles. The van der Waals surface area contributed by atoms with Gasteiger partial charge in [-0.25, -0.2) is 0 Å². The Morgan fingerprint density at radius 2 is 2.09 bits per heavy atom. The lowest BCUT2D eigenvalue weighted by atomic mass is 10.1. The Balaban J connectivity index is 2.80. The molecule has 0 spiro atoms. The van der Waals surface area contributed by atoms with Crippen LogP contribution in [0.1, 0.15) is 13.3 Å². The lowest BCUT2D eigenvalue weighted by molar-refractivity contribution is -0.159. The molecule has 0 amide bonds. The summed E-state index contributed by atoms with van der Waals surface area (Å²) in [5, 5.41) is 8.67. The monoisotopic (exact) mass is 158 g/mol. The van der Waals surface area contributed by atoms with E-state index in [0.29, 0.717) is 6.42 Å². The Bertz CT molecular complexity index is 210. The summed E-state index contributed by atoms with van der Waals surface area (Å²) in [6.45, 7) is 1.73. The van der Waals surface area contributed by atoms with Crippen molar-refractivity contribution in [1.29, 1.82) is 0 Å². The molecule has 0 heterocycles. The third-order valence-corrected chi connectivity index (χ3v) is 2.24. The van der Waals surface area contributed by atoms with Crippen LogP contribution in [-0.2, 0) is 14.3 Å². The molecule has 0 saturated heterocycles. The lowest BCUT2D eigenvalue weighted by Gasteiger charge is -2.06. The molecule has 0 aromatic rings. The van der Waals surface area contributed by atoms with Gasteiger partial charge < -0.3 is 9.84 Å². The van der Waals surface area contributed by atoms with E-state index in [1.807, 2.05) is 0 Å². The predicted molar refractivity (Wildman–Crippen MR) is 35.9 cm³/mol. The standard InChI is InChI=1S/C7H10O4/c1-4-3-7(4,5(8)9)6(10)11-2/h4H,3H2,1-2H3,(H,8,9)/t4-,7-/m0/s1. The van der Waals surface area contributed by atoms with Gasteiger partial charge in [-0.3, -0.25) is 9.59 Å². The van der Waals surface area contributed by atoms with Crippen molar-refractivity contribution >= 4 is 11.9 Å². The molecular weight excluding hydrogens is 148 g/mol. The zero-order chi connectivity index (χ0) is 8.65. The number of aliphatic carboxylic acids is 1. The summed E-state index contributed by atoms with van der Waals surface area (Å²) in [4.78, 5) is 21.5. The van der Waals surface area contributed by atoms with Crippen LogP contribution >= 0.6 is 0 Å². The molecule has 2 atom stereocenters. The van der Waals surface area contributed by atoms with Crippen molar-refractivity contribution in [2.24, 2.45) is 11.3 Å². The van der Waals surface area contributed by atoms with Crippen LogP contribution in [0.3, 0.4) is 0 Å². The van der Waals surface area contributed by atoms with Crippen molar-refractivity contribution in [2.45, 2.75) is 13.3 Å². The summed E-state index contributed by atoms with van der Waals surface area (Å²) in [5.74, 6) is -1.79. The second-order valence-corrected chi connectivity index (χ2v) is 2.87. The number of carbonyl (C=O) groups is 2. The van der Waals surface area contributed by atoms with Crippen molar-refractivity contribution in [1.82, 2.24) is 0 Å². The van der Waals surface area contributed by atoms with Crippen molar-refractivity contribution in [3.05, 3.63) is 0 Å². The van der Waals surface area contributed by atoms with E-state index in [2.05, 4.69) is 4.74 Å². The smallest absolute Gasteiger partial charge is 0.323 e. The summed E-state index contributed by atoms with van der Waals surface area (Å²) in [5.41, 5.74) is -1.23. The summed E-state index contributed by atoms with van der Waals surface area (Å²) in [6.07, 6.45) is 0.398. The fourth-order valence-corrected chi connectivity index (χ4v) is 1.28. The van der Waals surface area contributed by atoms with Gasteiger partial charge in [-0.05, 0) is 12.3 Å². The normalized spacial score (nSPS) is 34.5. The SMILES string of the molecule is COC(=O)[C@@]1(C(=O)O)C[C@@H]1C. The minimum atomic E-state index is -1.23. The number of carbonyl (C=O) groups excluding carboxylic acids is 1. The molecule has 11 heavy (non-hydrogen) atoms. The largest absolute Gasteiger partial charge is 0.480 e. The molecule has 1 rings (SSSR count). The van der Waals surface area contributed by atoms with Crippen molar-refractivity contribution < 1.29 is 19.4 Å². The molecule has 0 radical (unpaired) electrons. The number of methoxy groups -OCH3 is 1. The first-order valence-electron chi connectivity index (χ1n) is 3.37. The molecule has 1 fully saturated rings. The first-order chi connectivity index (χ1) is 5.05. The minimum absolute atomic E-state index is 0.0903. The number of rotatable bonds is 2. The second kappa shape index (κ2) is 2.22. The maximum absolute atomic E-state index is 10.9. The summed E-state index contributed by atoms with van der Waals surface area (Å²) < 4.78 is 4.39. The van der Waals surface area contributed by atoms with Crippen LogP contribution in [0.4, 0.5) is 0 Å².